The number of carboxylic acids is 1. The van der Waals surface area contributed by atoms with E-state index in [1.807, 2.05) is 31.4 Å². The molecule has 0 aromatic heterocycles. The van der Waals surface area contributed by atoms with Gasteiger partial charge in [-0.05, 0) is 24.8 Å². The fourth-order valence-electron chi connectivity index (χ4n) is 2.30. The van der Waals surface area contributed by atoms with E-state index >= 15 is 0 Å². The molecular formula is C14H17NO3S2. The number of rotatable bonds is 4. The smallest absolute Gasteiger partial charge is 0.327 e. The number of carbonyl (C=O) groups excluding carboxylic acids is 1. The van der Waals surface area contributed by atoms with E-state index < -0.39 is 12.0 Å². The van der Waals surface area contributed by atoms with Crippen LogP contribution in [0.25, 0.3) is 0 Å². The van der Waals surface area contributed by atoms with Crippen LogP contribution in [0.5, 0.6) is 0 Å². The third-order valence-electron chi connectivity index (χ3n) is 3.30. The molecule has 1 aliphatic rings. The fourth-order valence-corrected chi connectivity index (χ4v) is 4.24. The Labute approximate surface area is 126 Å². The van der Waals surface area contributed by atoms with Gasteiger partial charge >= 0.3 is 5.97 Å². The standard InChI is InChI=1S/C14H17NO3S2/c1-3-12-15(10(8-20-12)14(17)18)13(16)9-6-4-5-7-11(9)19-2/h4-7,10,12H,3,8H2,1-2H3,(H,17,18). The zero-order valence-corrected chi connectivity index (χ0v) is 13.0. The van der Waals surface area contributed by atoms with E-state index in [0.29, 0.717) is 11.3 Å². The van der Waals surface area contributed by atoms with E-state index in [1.54, 1.807) is 17.8 Å². The average molecular weight is 311 g/mol. The second kappa shape index (κ2) is 6.54. The molecule has 6 heteroatoms. The van der Waals surface area contributed by atoms with Gasteiger partial charge in [-0.2, -0.15) is 0 Å². The number of hydrogen-bond donors (Lipinski definition) is 1. The van der Waals surface area contributed by atoms with Crippen molar-refractivity contribution in [3.05, 3.63) is 29.8 Å². The maximum absolute atomic E-state index is 12.7. The van der Waals surface area contributed by atoms with Gasteiger partial charge in [-0.1, -0.05) is 19.1 Å². The van der Waals surface area contributed by atoms with Gasteiger partial charge in [0, 0.05) is 10.6 Å². The lowest BCUT2D eigenvalue weighted by Crippen LogP contribution is -2.45. The van der Waals surface area contributed by atoms with Crippen LogP contribution in [0.3, 0.4) is 0 Å². The van der Waals surface area contributed by atoms with Crippen LogP contribution in [-0.2, 0) is 4.79 Å². The first-order valence-corrected chi connectivity index (χ1v) is 8.67. The highest BCUT2D eigenvalue weighted by Gasteiger charge is 2.41. The molecule has 1 aromatic rings. The summed E-state index contributed by atoms with van der Waals surface area (Å²) in [5, 5.41) is 9.25. The topological polar surface area (TPSA) is 57.6 Å². The third-order valence-corrected chi connectivity index (χ3v) is 5.55. The molecule has 0 radical (unpaired) electrons. The minimum atomic E-state index is -0.927. The zero-order chi connectivity index (χ0) is 14.7. The Bertz CT molecular complexity index is 521. The van der Waals surface area contributed by atoms with E-state index in [2.05, 4.69) is 0 Å². The van der Waals surface area contributed by atoms with Crippen molar-refractivity contribution in [3.63, 3.8) is 0 Å². The van der Waals surface area contributed by atoms with Crippen LogP contribution in [0.4, 0.5) is 0 Å². The molecule has 1 saturated heterocycles. The minimum Gasteiger partial charge on any atom is -0.480 e. The quantitative estimate of drug-likeness (QED) is 0.867. The second-order valence-corrected chi connectivity index (χ2v) is 6.52. The van der Waals surface area contributed by atoms with E-state index in [9.17, 15) is 14.7 Å². The van der Waals surface area contributed by atoms with Gasteiger partial charge < -0.3 is 10.0 Å². The SMILES string of the molecule is CCC1SCC(C(=O)O)N1C(=O)c1ccccc1SC. The Kier molecular flexibility index (Phi) is 4.99. The molecular weight excluding hydrogens is 294 g/mol. The number of aliphatic carboxylic acids is 1. The highest BCUT2D eigenvalue weighted by atomic mass is 32.2. The summed E-state index contributed by atoms with van der Waals surface area (Å²) in [6.07, 6.45) is 2.67. The fraction of sp³-hybridized carbons (Fsp3) is 0.429. The Morgan fingerprint density at radius 3 is 2.75 bits per heavy atom. The number of nitrogens with zero attached hydrogens (tertiary/aromatic N) is 1. The van der Waals surface area contributed by atoms with Gasteiger partial charge in [0.1, 0.15) is 6.04 Å². The maximum atomic E-state index is 12.7. The predicted molar refractivity (Wildman–Crippen MR) is 82.4 cm³/mol. The summed E-state index contributed by atoms with van der Waals surface area (Å²) < 4.78 is 0. The van der Waals surface area contributed by atoms with Gasteiger partial charge in [0.25, 0.3) is 5.91 Å². The van der Waals surface area contributed by atoms with Crippen LogP contribution in [0, 0.1) is 0 Å². The largest absolute Gasteiger partial charge is 0.480 e. The minimum absolute atomic E-state index is 0.0569. The number of carbonyl (C=O) groups is 2. The molecule has 0 aliphatic carbocycles. The summed E-state index contributed by atoms with van der Waals surface area (Å²) in [7, 11) is 0. The first-order valence-electron chi connectivity index (χ1n) is 6.40. The number of amides is 1. The van der Waals surface area contributed by atoms with Gasteiger partial charge in [-0.3, -0.25) is 4.79 Å². The van der Waals surface area contributed by atoms with Crippen molar-refractivity contribution in [2.75, 3.05) is 12.0 Å². The first kappa shape index (κ1) is 15.3. The van der Waals surface area contributed by atoms with Gasteiger partial charge in [-0.15, -0.1) is 23.5 Å². The summed E-state index contributed by atoms with van der Waals surface area (Å²) in [4.78, 5) is 26.5. The molecule has 2 atom stereocenters. The number of thioether (sulfide) groups is 2. The van der Waals surface area contributed by atoms with Gasteiger partial charge in [0.2, 0.25) is 0 Å². The molecule has 1 aliphatic heterocycles. The highest BCUT2D eigenvalue weighted by molar-refractivity contribution is 8.00. The van der Waals surface area contributed by atoms with E-state index in [4.69, 9.17) is 0 Å². The van der Waals surface area contributed by atoms with Crippen molar-refractivity contribution in [1.29, 1.82) is 0 Å². The molecule has 0 saturated carbocycles. The summed E-state index contributed by atoms with van der Waals surface area (Å²) in [6.45, 7) is 1.97. The van der Waals surface area contributed by atoms with E-state index in [-0.39, 0.29) is 11.3 Å². The third kappa shape index (κ3) is 2.81. The first-order chi connectivity index (χ1) is 9.60. The molecule has 1 N–H and O–H groups in total. The van der Waals surface area contributed by atoms with Crippen LogP contribution in [0.15, 0.2) is 29.2 Å². The highest BCUT2D eigenvalue weighted by Crippen LogP contribution is 2.34. The van der Waals surface area contributed by atoms with E-state index in [0.717, 1.165) is 11.3 Å². The molecule has 1 amide bonds. The van der Waals surface area contributed by atoms with Crippen LogP contribution in [0.2, 0.25) is 0 Å². The summed E-state index contributed by atoms with van der Waals surface area (Å²) in [5.41, 5.74) is 0.590. The van der Waals surface area contributed by atoms with Gasteiger partial charge in [0.15, 0.2) is 0 Å². The monoisotopic (exact) mass is 311 g/mol. The van der Waals surface area contributed by atoms with Crippen LogP contribution in [0.1, 0.15) is 23.7 Å². The van der Waals surface area contributed by atoms with Crippen LogP contribution >= 0.6 is 23.5 Å². The lowest BCUT2D eigenvalue weighted by atomic mass is 10.1. The Hall–Kier alpha value is -1.14. The number of hydrogen-bond acceptors (Lipinski definition) is 4. The molecule has 20 heavy (non-hydrogen) atoms. The van der Waals surface area contributed by atoms with Gasteiger partial charge in [-0.25, -0.2) is 4.79 Å². The molecule has 0 spiro atoms. The lowest BCUT2D eigenvalue weighted by Gasteiger charge is -2.27. The lowest BCUT2D eigenvalue weighted by molar-refractivity contribution is -0.141. The Morgan fingerprint density at radius 1 is 1.45 bits per heavy atom. The molecule has 4 nitrogen and oxygen atoms in total. The second-order valence-electron chi connectivity index (χ2n) is 4.46. The normalized spacial score (nSPS) is 22.0. The Balaban J connectivity index is 2.36. The molecule has 2 rings (SSSR count). The molecule has 0 bridgehead atoms. The summed E-state index contributed by atoms with van der Waals surface area (Å²) >= 11 is 3.04. The van der Waals surface area contributed by atoms with Crippen molar-refractivity contribution in [2.24, 2.45) is 0 Å². The van der Waals surface area contributed by atoms with Crippen molar-refractivity contribution in [2.45, 2.75) is 29.7 Å². The molecule has 2 unspecified atom stereocenters. The Morgan fingerprint density at radius 2 is 2.15 bits per heavy atom. The van der Waals surface area contributed by atoms with Crippen LogP contribution < -0.4 is 0 Å². The van der Waals surface area contributed by atoms with Crippen molar-refractivity contribution < 1.29 is 14.7 Å². The van der Waals surface area contributed by atoms with E-state index in [1.165, 1.54) is 16.7 Å². The average Bonchev–Trinajstić information content (AvgIpc) is 2.90. The number of carboxylic acid groups (broad SMARTS) is 1. The molecule has 108 valence electrons. The van der Waals surface area contributed by atoms with Crippen LogP contribution in [-0.4, -0.2) is 45.3 Å². The van der Waals surface area contributed by atoms with Gasteiger partial charge in [0.05, 0.1) is 10.9 Å². The molecule has 1 fully saturated rings. The molecule has 1 aromatic carbocycles. The molecule has 1 heterocycles. The summed E-state index contributed by atoms with van der Waals surface area (Å²) in [5.74, 6) is -0.649. The number of benzene rings is 1. The van der Waals surface area contributed by atoms with Crippen molar-refractivity contribution >= 4 is 35.4 Å². The predicted octanol–water partition coefficient (Wildman–Crippen LogP) is 2.79. The van der Waals surface area contributed by atoms with Crippen molar-refractivity contribution in [1.82, 2.24) is 4.90 Å². The maximum Gasteiger partial charge on any atom is 0.327 e. The van der Waals surface area contributed by atoms with Crippen molar-refractivity contribution in [3.8, 4) is 0 Å². The summed E-state index contributed by atoms with van der Waals surface area (Å²) in [6, 6.07) is 6.62. The zero-order valence-electron chi connectivity index (χ0n) is 11.4.